The Labute approximate surface area is 128 Å². The van der Waals surface area contributed by atoms with Crippen LogP contribution in [0.4, 0.5) is 0 Å². The molecule has 0 saturated heterocycles. The Hall–Kier alpha value is -2.19. The molecule has 3 heteroatoms. The second-order valence-corrected chi connectivity index (χ2v) is 5.48. The molecule has 0 saturated carbocycles. The molecular weight excluding hydrogens is 282 g/mol. The number of carbonyl (C=O) groups is 1. The van der Waals surface area contributed by atoms with Gasteiger partial charge in [0.05, 0.1) is 0 Å². The maximum absolute atomic E-state index is 12.5. The molecule has 0 bridgehead atoms. The third kappa shape index (κ3) is 2.81. The van der Waals surface area contributed by atoms with Crippen LogP contribution in [0.3, 0.4) is 0 Å². The Kier molecular flexibility index (Phi) is 3.72. The number of hydrogen-bond donors (Lipinski definition) is 0. The summed E-state index contributed by atoms with van der Waals surface area (Å²) in [6.45, 7) is 1.98. The average Bonchev–Trinajstić information content (AvgIpc) is 2.49. The van der Waals surface area contributed by atoms with E-state index < -0.39 is 0 Å². The number of nitrogens with zero attached hydrogens (tertiary/aromatic N) is 1. The zero-order chi connectivity index (χ0) is 14.8. The minimum Gasteiger partial charge on any atom is -0.292 e. The zero-order valence-corrected chi connectivity index (χ0v) is 12.4. The fourth-order valence-electron chi connectivity index (χ4n) is 2.39. The second-order valence-electron chi connectivity index (χ2n) is 5.08. The van der Waals surface area contributed by atoms with E-state index in [1.807, 2.05) is 55.5 Å². The summed E-state index contributed by atoms with van der Waals surface area (Å²) in [5.74, 6) is -0.0162. The Morgan fingerprint density at radius 2 is 1.95 bits per heavy atom. The molecule has 2 nitrogen and oxygen atoms in total. The Bertz CT molecular complexity index is 821. The van der Waals surface area contributed by atoms with Crippen LogP contribution in [-0.2, 0) is 6.42 Å². The number of ketones is 1. The van der Waals surface area contributed by atoms with E-state index in [2.05, 4.69) is 4.98 Å². The van der Waals surface area contributed by atoms with Crippen LogP contribution >= 0.6 is 11.6 Å². The molecule has 0 aliphatic rings. The first-order valence-electron chi connectivity index (χ1n) is 6.77. The van der Waals surface area contributed by atoms with Gasteiger partial charge in [0.1, 0.15) is 5.69 Å². The van der Waals surface area contributed by atoms with E-state index in [-0.39, 0.29) is 12.2 Å². The molecule has 1 heterocycles. The van der Waals surface area contributed by atoms with Crippen molar-refractivity contribution in [3.8, 4) is 0 Å². The van der Waals surface area contributed by atoms with Gasteiger partial charge in [0.2, 0.25) is 0 Å². The first-order chi connectivity index (χ1) is 10.1. The van der Waals surface area contributed by atoms with Crippen molar-refractivity contribution < 1.29 is 4.79 Å². The quantitative estimate of drug-likeness (QED) is 0.660. The number of hydrogen-bond acceptors (Lipinski definition) is 2. The first-order valence-corrected chi connectivity index (χ1v) is 7.15. The number of carbonyl (C=O) groups excluding carboxylic acids is 1. The molecule has 0 unspecified atom stereocenters. The van der Waals surface area contributed by atoms with Crippen molar-refractivity contribution in [2.45, 2.75) is 13.3 Å². The first kappa shape index (κ1) is 13.8. The molecule has 104 valence electrons. The average molecular weight is 296 g/mol. The Morgan fingerprint density at radius 1 is 1.14 bits per heavy atom. The van der Waals surface area contributed by atoms with Crippen LogP contribution in [0.15, 0.2) is 54.7 Å². The van der Waals surface area contributed by atoms with Gasteiger partial charge < -0.3 is 0 Å². The highest BCUT2D eigenvalue weighted by Gasteiger charge is 2.13. The number of rotatable bonds is 3. The predicted molar refractivity (Wildman–Crippen MR) is 86.0 cm³/mol. The summed E-state index contributed by atoms with van der Waals surface area (Å²) in [5, 5.41) is 2.53. The third-order valence-corrected chi connectivity index (χ3v) is 3.85. The van der Waals surface area contributed by atoms with Crippen LogP contribution in [0, 0.1) is 6.92 Å². The molecule has 0 spiro atoms. The molecule has 21 heavy (non-hydrogen) atoms. The van der Waals surface area contributed by atoms with E-state index in [1.165, 1.54) is 0 Å². The van der Waals surface area contributed by atoms with Crippen LogP contribution in [0.1, 0.15) is 21.6 Å². The van der Waals surface area contributed by atoms with Gasteiger partial charge in [-0.2, -0.15) is 0 Å². The molecule has 0 fully saturated rings. The number of aromatic nitrogens is 1. The normalized spacial score (nSPS) is 10.8. The number of fused-ring (bicyclic) bond motifs is 1. The van der Waals surface area contributed by atoms with E-state index in [0.29, 0.717) is 10.7 Å². The lowest BCUT2D eigenvalue weighted by Gasteiger charge is -2.07. The molecule has 0 N–H and O–H groups in total. The van der Waals surface area contributed by atoms with Gasteiger partial charge in [0, 0.05) is 23.0 Å². The highest BCUT2D eigenvalue weighted by Crippen LogP contribution is 2.22. The van der Waals surface area contributed by atoms with E-state index in [4.69, 9.17) is 11.6 Å². The smallest absolute Gasteiger partial charge is 0.186 e. The number of halogens is 1. The van der Waals surface area contributed by atoms with Crippen LogP contribution in [0.5, 0.6) is 0 Å². The topological polar surface area (TPSA) is 30.0 Å². The van der Waals surface area contributed by atoms with Crippen molar-refractivity contribution in [1.29, 1.82) is 0 Å². The summed E-state index contributed by atoms with van der Waals surface area (Å²) in [6, 6.07) is 15.4. The number of benzene rings is 2. The summed E-state index contributed by atoms with van der Waals surface area (Å²) >= 11 is 6.21. The highest BCUT2D eigenvalue weighted by molar-refractivity contribution is 6.31. The summed E-state index contributed by atoms with van der Waals surface area (Å²) in [5.41, 5.74) is 2.42. The van der Waals surface area contributed by atoms with Crippen molar-refractivity contribution in [3.05, 3.63) is 76.6 Å². The third-order valence-electron chi connectivity index (χ3n) is 3.50. The fraction of sp³-hybridized carbons (Fsp3) is 0.111. The maximum atomic E-state index is 12.5. The molecule has 0 aliphatic carbocycles. The Balaban J connectivity index is 1.97. The van der Waals surface area contributed by atoms with E-state index in [0.717, 1.165) is 21.9 Å². The van der Waals surface area contributed by atoms with Crippen molar-refractivity contribution >= 4 is 28.2 Å². The van der Waals surface area contributed by atoms with Crippen LogP contribution < -0.4 is 0 Å². The molecule has 1 aromatic heterocycles. The number of pyridine rings is 1. The van der Waals surface area contributed by atoms with Gasteiger partial charge in [-0.25, -0.2) is 0 Å². The van der Waals surface area contributed by atoms with E-state index in [9.17, 15) is 4.79 Å². The summed E-state index contributed by atoms with van der Waals surface area (Å²) < 4.78 is 0. The predicted octanol–water partition coefficient (Wildman–Crippen LogP) is 4.62. The molecule has 0 amide bonds. The van der Waals surface area contributed by atoms with Crippen LogP contribution in [0.2, 0.25) is 5.02 Å². The molecule has 0 atom stereocenters. The lowest BCUT2D eigenvalue weighted by atomic mass is 10.0. The van der Waals surface area contributed by atoms with Gasteiger partial charge in [-0.05, 0) is 35.6 Å². The van der Waals surface area contributed by atoms with Crippen molar-refractivity contribution in [2.75, 3.05) is 0 Å². The minimum absolute atomic E-state index is 0.0162. The molecule has 3 rings (SSSR count). The van der Waals surface area contributed by atoms with E-state index in [1.54, 1.807) is 6.20 Å². The van der Waals surface area contributed by atoms with E-state index >= 15 is 0 Å². The van der Waals surface area contributed by atoms with Gasteiger partial charge >= 0.3 is 0 Å². The molecule has 2 aromatic carbocycles. The van der Waals surface area contributed by atoms with Crippen molar-refractivity contribution in [2.24, 2.45) is 0 Å². The molecule has 0 radical (unpaired) electrons. The van der Waals surface area contributed by atoms with Crippen LogP contribution in [-0.4, -0.2) is 10.8 Å². The van der Waals surface area contributed by atoms with Gasteiger partial charge in [-0.15, -0.1) is 0 Å². The molecule has 3 aromatic rings. The van der Waals surface area contributed by atoms with Gasteiger partial charge in [-0.1, -0.05) is 48.0 Å². The zero-order valence-electron chi connectivity index (χ0n) is 11.6. The SMILES string of the molecule is Cc1ccc(CC(=O)c2nccc3ccccc23)c(Cl)c1. The van der Waals surface area contributed by atoms with Crippen molar-refractivity contribution in [3.63, 3.8) is 0 Å². The monoisotopic (exact) mass is 295 g/mol. The summed E-state index contributed by atoms with van der Waals surface area (Å²) in [4.78, 5) is 16.8. The molecule has 0 aliphatic heterocycles. The summed E-state index contributed by atoms with van der Waals surface area (Å²) in [7, 11) is 0. The lowest BCUT2D eigenvalue weighted by molar-refractivity contribution is 0.0990. The number of aryl methyl sites for hydroxylation is 1. The van der Waals surface area contributed by atoms with Crippen molar-refractivity contribution in [1.82, 2.24) is 4.98 Å². The standard InChI is InChI=1S/C18H14ClNO/c1-12-6-7-14(16(19)10-12)11-17(21)18-15-5-3-2-4-13(15)8-9-20-18/h2-10H,11H2,1H3. The fourth-order valence-corrected chi connectivity index (χ4v) is 2.70. The Morgan fingerprint density at radius 3 is 2.76 bits per heavy atom. The highest BCUT2D eigenvalue weighted by atomic mass is 35.5. The minimum atomic E-state index is -0.0162. The van der Waals surface area contributed by atoms with Gasteiger partial charge in [-0.3, -0.25) is 9.78 Å². The van der Waals surface area contributed by atoms with Crippen LogP contribution in [0.25, 0.3) is 10.8 Å². The molecular formula is C18H14ClNO. The van der Waals surface area contributed by atoms with Gasteiger partial charge in [0.15, 0.2) is 5.78 Å². The number of Topliss-reactive ketones (excluding diaryl/α,β-unsaturated/α-hetero) is 1. The maximum Gasteiger partial charge on any atom is 0.186 e. The second kappa shape index (κ2) is 5.66. The largest absolute Gasteiger partial charge is 0.292 e. The lowest BCUT2D eigenvalue weighted by Crippen LogP contribution is -2.07. The summed E-state index contributed by atoms with van der Waals surface area (Å²) in [6.07, 6.45) is 1.94. The van der Waals surface area contributed by atoms with Gasteiger partial charge in [0.25, 0.3) is 0 Å².